The van der Waals surface area contributed by atoms with E-state index in [1.165, 1.54) is 0 Å². The van der Waals surface area contributed by atoms with E-state index in [0.717, 1.165) is 11.4 Å². The number of para-hydroxylation sites is 1. The Hall–Kier alpha value is -2.60. The van der Waals surface area contributed by atoms with Crippen molar-refractivity contribution in [3.8, 4) is 5.69 Å². The first kappa shape index (κ1) is 17.7. The van der Waals surface area contributed by atoms with Gasteiger partial charge in [0.1, 0.15) is 0 Å². The molecular weight excluding hydrogens is 308 g/mol. The first-order valence-corrected chi connectivity index (χ1v) is 7.80. The van der Waals surface area contributed by atoms with Crippen LogP contribution in [-0.4, -0.2) is 28.2 Å². The van der Waals surface area contributed by atoms with Crippen LogP contribution in [0.25, 0.3) is 5.69 Å². The Labute approximate surface area is 140 Å². The molecule has 0 saturated heterocycles. The number of rotatable bonds is 6. The molecule has 0 fully saturated rings. The van der Waals surface area contributed by atoms with Gasteiger partial charge in [0.2, 0.25) is 0 Å². The Balaban J connectivity index is 2.67. The average Bonchev–Trinajstić information content (AvgIpc) is 2.78. The molecule has 1 atom stereocenters. The highest BCUT2D eigenvalue weighted by Gasteiger charge is 2.29. The lowest BCUT2D eigenvalue weighted by Gasteiger charge is -2.13. The Morgan fingerprint density at radius 3 is 2.38 bits per heavy atom. The Morgan fingerprint density at radius 1 is 1.21 bits per heavy atom. The lowest BCUT2D eigenvalue weighted by atomic mass is 9.99. The number of benzene rings is 1. The highest BCUT2D eigenvalue weighted by molar-refractivity contribution is 5.94. The summed E-state index contributed by atoms with van der Waals surface area (Å²) in [5.41, 5.74) is 9.28. The molecule has 0 bridgehead atoms. The number of carbonyl (C=O) groups is 2. The molecule has 2 rings (SSSR count). The lowest BCUT2D eigenvalue weighted by molar-refractivity contribution is -0.137. The highest BCUT2D eigenvalue weighted by Crippen LogP contribution is 2.31. The van der Waals surface area contributed by atoms with Gasteiger partial charge in [-0.2, -0.15) is 0 Å². The third-order valence-corrected chi connectivity index (χ3v) is 3.95. The summed E-state index contributed by atoms with van der Waals surface area (Å²) in [5.74, 6) is -1.49. The van der Waals surface area contributed by atoms with E-state index in [4.69, 9.17) is 15.6 Å². The first-order chi connectivity index (χ1) is 11.4. The molecule has 0 spiro atoms. The van der Waals surface area contributed by atoms with Gasteiger partial charge in [0.25, 0.3) is 0 Å². The molecule has 0 aliphatic rings. The third kappa shape index (κ3) is 3.33. The zero-order valence-corrected chi connectivity index (χ0v) is 14.1. The fourth-order valence-electron chi connectivity index (χ4n) is 3.03. The van der Waals surface area contributed by atoms with E-state index in [-0.39, 0.29) is 13.0 Å². The van der Waals surface area contributed by atoms with Crippen LogP contribution in [0.3, 0.4) is 0 Å². The number of carboxylic acid groups (broad SMARTS) is 1. The largest absolute Gasteiger partial charge is 0.481 e. The second kappa shape index (κ2) is 7.31. The number of carbonyl (C=O) groups excluding carboxylic acids is 1. The Morgan fingerprint density at radius 2 is 1.83 bits per heavy atom. The van der Waals surface area contributed by atoms with Gasteiger partial charge < -0.3 is 20.1 Å². The van der Waals surface area contributed by atoms with Crippen molar-refractivity contribution in [2.24, 2.45) is 5.73 Å². The number of aromatic nitrogens is 1. The van der Waals surface area contributed by atoms with Crippen molar-refractivity contribution in [3.63, 3.8) is 0 Å². The van der Waals surface area contributed by atoms with Crippen LogP contribution in [0.15, 0.2) is 30.3 Å². The molecule has 6 heteroatoms. The fraction of sp³-hybridized carbons (Fsp3) is 0.333. The van der Waals surface area contributed by atoms with E-state index in [0.29, 0.717) is 16.8 Å². The SMILES string of the molecule is CCOC(=O)c1c(C(N)CC(=O)O)c(C)n(-c2ccccc2)c1C. The molecule has 0 radical (unpaired) electrons. The molecule has 0 amide bonds. The van der Waals surface area contributed by atoms with Gasteiger partial charge in [0.05, 0.1) is 18.6 Å². The quantitative estimate of drug-likeness (QED) is 0.794. The minimum atomic E-state index is -1.01. The number of nitrogens with two attached hydrogens (primary N) is 1. The maximum absolute atomic E-state index is 12.4. The number of ether oxygens (including phenoxy) is 1. The second-order valence-electron chi connectivity index (χ2n) is 5.56. The Kier molecular flexibility index (Phi) is 5.41. The third-order valence-electron chi connectivity index (χ3n) is 3.95. The van der Waals surface area contributed by atoms with Crippen molar-refractivity contribution in [2.75, 3.05) is 6.61 Å². The maximum atomic E-state index is 12.4. The summed E-state index contributed by atoms with van der Waals surface area (Å²) in [6, 6.07) is 8.75. The van der Waals surface area contributed by atoms with E-state index in [2.05, 4.69) is 0 Å². The first-order valence-electron chi connectivity index (χ1n) is 7.80. The van der Waals surface area contributed by atoms with Gasteiger partial charge >= 0.3 is 11.9 Å². The molecule has 128 valence electrons. The minimum absolute atomic E-state index is 0.238. The lowest BCUT2D eigenvalue weighted by Crippen LogP contribution is -2.19. The monoisotopic (exact) mass is 330 g/mol. The van der Waals surface area contributed by atoms with E-state index in [1.54, 1.807) is 6.92 Å². The number of carboxylic acids is 1. The van der Waals surface area contributed by atoms with Crippen molar-refractivity contribution in [1.29, 1.82) is 0 Å². The molecule has 0 aliphatic carbocycles. The number of nitrogens with zero attached hydrogens (tertiary/aromatic N) is 1. The highest BCUT2D eigenvalue weighted by atomic mass is 16.5. The number of hydrogen-bond donors (Lipinski definition) is 2. The molecule has 1 aromatic carbocycles. The summed E-state index contributed by atoms with van der Waals surface area (Å²) in [4.78, 5) is 23.5. The Bertz CT molecular complexity index is 750. The van der Waals surface area contributed by atoms with Crippen LogP contribution < -0.4 is 5.73 Å². The molecule has 1 heterocycles. The van der Waals surface area contributed by atoms with Gasteiger partial charge in [0.15, 0.2) is 0 Å². The van der Waals surface area contributed by atoms with Crippen LogP contribution in [0.1, 0.15) is 46.7 Å². The molecular formula is C18H22N2O4. The van der Waals surface area contributed by atoms with Gasteiger partial charge in [-0.3, -0.25) is 4.79 Å². The van der Waals surface area contributed by atoms with Crippen molar-refractivity contribution >= 4 is 11.9 Å². The smallest absolute Gasteiger partial charge is 0.340 e. The van der Waals surface area contributed by atoms with Crippen molar-refractivity contribution in [3.05, 3.63) is 52.8 Å². The van der Waals surface area contributed by atoms with Gasteiger partial charge in [-0.15, -0.1) is 0 Å². The molecule has 0 saturated carbocycles. The van der Waals surface area contributed by atoms with Crippen LogP contribution in [-0.2, 0) is 9.53 Å². The topological polar surface area (TPSA) is 94.6 Å². The van der Waals surface area contributed by atoms with Gasteiger partial charge in [-0.05, 0) is 32.9 Å². The van der Waals surface area contributed by atoms with Crippen LogP contribution in [0.2, 0.25) is 0 Å². The summed E-state index contributed by atoms with van der Waals surface area (Å²) in [6.45, 7) is 5.61. The summed E-state index contributed by atoms with van der Waals surface area (Å²) < 4.78 is 7.06. The van der Waals surface area contributed by atoms with Crippen LogP contribution in [0.5, 0.6) is 0 Å². The molecule has 24 heavy (non-hydrogen) atoms. The average molecular weight is 330 g/mol. The number of esters is 1. The molecule has 0 aliphatic heterocycles. The van der Waals surface area contributed by atoms with Crippen molar-refractivity contribution in [2.45, 2.75) is 33.2 Å². The predicted octanol–water partition coefficient (Wildman–Crippen LogP) is 2.75. The van der Waals surface area contributed by atoms with E-state index < -0.39 is 18.0 Å². The summed E-state index contributed by atoms with van der Waals surface area (Å²) in [7, 11) is 0. The van der Waals surface area contributed by atoms with E-state index >= 15 is 0 Å². The summed E-state index contributed by atoms with van der Waals surface area (Å²) in [6.07, 6.45) is -0.258. The van der Waals surface area contributed by atoms with Crippen molar-refractivity contribution in [1.82, 2.24) is 4.57 Å². The molecule has 1 unspecified atom stereocenters. The zero-order valence-electron chi connectivity index (χ0n) is 14.1. The minimum Gasteiger partial charge on any atom is -0.481 e. The second-order valence-corrected chi connectivity index (χ2v) is 5.56. The van der Waals surface area contributed by atoms with E-state index in [1.807, 2.05) is 48.7 Å². The van der Waals surface area contributed by atoms with Crippen LogP contribution >= 0.6 is 0 Å². The summed E-state index contributed by atoms with van der Waals surface area (Å²) >= 11 is 0. The van der Waals surface area contributed by atoms with E-state index in [9.17, 15) is 9.59 Å². The zero-order chi connectivity index (χ0) is 17.9. The standard InChI is InChI=1S/C18H22N2O4/c1-4-24-18(23)17-12(3)20(13-8-6-5-7-9-13)11(2)16(17)14(19)10-15(21)22/h5-9,14H,4,10,19H2,1-3H3,(H,21,22). The van der Waals surface area contributed by atoms with Crippen LogP contribution in [0.4, 0.5) is 0 Å². The van der Waals surface area contributed by atoms with Gasteiger partial charge in [-0.1, -0.05) is 18.2 Å². The number of aliphatic carboxylic acids is 1. The number of hydrogen-bond acceptors (Lipinski definition) is 4. The fourth-order valence-corrected chi connectivity index (χ4v) is 3.03. The molecule has 1 aromatic heterocycles. The van der Waals surface area contributed by atoms with Gasteiger partial charge in [0, 0.05) is 28.7 Å². The van der Waals surface area contributed by atoms with Crippen molar-refractivity contribution < 1.29 is 19.4 Å². The molecule has 6 nitrogen and oxygen atoms in total. The molecule has 3 N–H and O–H groups in total. The summed E-state index contributed by atoms with van der Waals surface area (Å²) in [5, 5.41) is 9.06. The predicted molar refractivity (Wildman–Crippen MR) is 90.4 cm³/mol. The van der Waals surface area contributed by atoms with Crippen LogP contribution in [0, 0.1) is 13.8 Å². The molecule has 2 aromatic rings. The van der Waals surface area contributed by atoms with Gasteiger partial charge in [-0.25, -0.2) is 4.79 Å². The normalized spacial score (nSPS) is 12.0. The maximum Gasteiger partial charge on any atom is 0.340 e.